The predicted molar refractivity (Wildman–Crippen MR) is 69.3 cm³/mol. The molecule has 4 nitrogen and oxygen atoms in total. The Balaban J connectivity index is 1.91. The highest BCUT2D eigenvalue weighted by atomic mass is 32.1. The van der Waals surface area contributed by atoms with Crippen LogP contribution in [0.25, 0.3) is 0 Å². The summed E-state index contributed by atoms with van der Waals surface area (Å²) in [6.45, 7) is 1.95. The summed E-state index contributed by atoms with van der Waals surface area (Å²) in [5.74, 6) is -0.0110. The van der Waals surface area contributed by atoms with E-state index in [1.54, 1.807) is 23.2 Å². The summed E-state index contributed by atoms with van der Waals surface area (Å²) in [5, 5.41) is 4.77. The molecule has 2 amide bonds. The number of carbonyl (C=O) groups is 2. The fourth-order valence-electron chi connectivity index (χ4n) is 2.88. The molecule has 1 aliphatic heterocycles. The number of carbonyl (C=O) groups excluding carboxylic acids is 2. The molecule has 1 aromatic heterocycles. The zero-order chi connectivity index (χ0) is 12.7. The van der Waals surface area contributed by atoms with Gasteiger partial charge in [0.1, 0.15) is 12.6 Å². The molecule has 1 aromatic rings. The molecule has 96 valence electrons. The average molecular weight is 264 g/mol. The first-order valence-electron chi connectivity index (χ1n) is 6.33. The van der Waals surface area contributed by atoms with E-state index < -0.39 is 6.04 Å². The first-order valence-corrected chi connectivity index (χ1v) is 7.21. The molecule has 18 heavy (non-hydrogen) atoms. The van der Waals surface area contributed by atoms with Crippen molar-refractivity contribution in [3.05, 3.63) is 21.9 Å². The van der Waals surface area contributed by atoms with Gasteiger partial charge in [-0.25, -0.2) is 0 Å². The van der Waals surface area contributed by atoms with E-state index in [1.165, 1.54) is 10.4 Å². The van der Waals surface area contributed by atoms with E-state index in [2.05, 4.69) is 16.8 Å². The molecule has 2 unspecified atom stereocenters. The summed E-state index contributed by atoms with van der Waals surface area (Å²) in [4.78, 5) is 27.0. The molecule has 0 radical (unpaired) electrons. The van der Waals surface area contributed by atoms with E-state index in [9.17, 15) is 9.59 Å². The highest BCUT2D eigenvalue weighted by Crippen LogP contribution is 2.37. The lowest BCUT2D eigenvalue weighted by atomic mass is 9.92. The summed E-state index contributed by atoms with van der Waals surface area (Å²) in [6, 6.07) is 1.81. The maximum atomic E-state index is 12.2. The topological polar surface area (TPSA) is 49.4 Å². The van der Waals surface area contributed by atoms with Crippen molar-refractivity contribution in [2.75, 3.05) is 6.54 Å². The number of rotatable bonds is 1. The number of hydrogen-bond donors (Lipinski definition) is 1. The van der Waals surface area contributed by atoms with Crippen LogP contribution in [0.5, 0.6) is 0 Å². The molecule has 2 heterocycles. The predicted octanol–water partition coefficient (Wildman–Crippen LogP) is 1.47. The number of nitrogens with one attached hydrogen (secondary N) is 1. The minimum atomic E-state index is -0.393. The molecule has 2 atom stereocenters. The first-order chi connectivity index (χ1) is 8.66. The maximum Gasteiger partial charge on any atom is 0.245 e. The van der Waals surface area contributed by atoms with Crippen molar-refractivity contribution in [1.29, 1.82) is 0 Å². The second kappa shape index (κ2) is 4.39. The van der Waals surface area contributed by atoms with Crippen molar-refractivity contribution in [2.45, 2.75) is 38.3 Å². The van der Waals surface area contributed by atoms with Crippen LogP contribution >= 0.6 is 11.3 Å². The molecule has 2 aliphatic rings. The van der Waals surface area contributed by atoms with Crippen LogP contribution < -0.4 is 5.32 Å². The molecular weight excluding hydrogens is 248 g/mol. The largest absolute Gasteiger partial charge is 0.343 e. The number of aryl methyl sites for hydroxylation is 1. The lowest BCUT2D eigenvalue weighted by molar-refractivity contribution is -0.146. The number of piperazine rings is 1. The van der Waals surface area contributed by atoms with Crippen molar-refractivity contribution < 1.29 is 9.59 Å². The number of hydrogen-bond acceptors (Lipinski definition) is 3. The minimum Gasteiger partial charge on any atom is -0.343 e. The van der Waals surface area contributed by atoms with Crippen LogP contribution in [0.4, 0.5) is 0 Å². The van der Waals surface area contributed by atoms with E-state index in [0.29, 0.717) is 0 Å². The van der Waals surface area contributed by atoms with E-state index in [4.69, 9.17) is 0 Å². The van der Waals surface area contributed by atoms with Crippen LogP contribution in [-0.2, 0) is 16.0 Å². The summed E-state index contributed by atoms with van der Waals surface area (Å²) in [5.41, 5.74) is 1.25. The molecule has 0 bridgehead atoms. The van der Waals surface area contributed by atoms with Gasteiger partial charge in [0.25, 0.3) is 0 Å². The van der Waals surface area contributed by atoms with Crippen LogP contribution in [0.15, 0.2) is 11.4 Å². The maximum absolute atomic E-state index is 12.2. The molecule has 0 saturated carbocycles. The average Bonchev–Trinajstić information content (AvgIpc) is 2.81. The van der Waals surface area contributed by atoms with Crippen molar-refractivity contribution in [3.63, 3.8) is 0 Å². The summed E-state index contributed by atoms with van der Waals surface area (Å²) in [6.07, 6.45) is 3.17. The van der Waals surface area contributed by atoms with Gasteiger partial charge < -0.3 is 10.2 Å². The molecule has 1 saturated heterocycles. The molecule has 1 aliphatic carbocycles. The Labute approximate surface area is 110 Å². The number of thiophene rings is 1. The van der Waals surface area contributed by atoms with Crippen LogP contribution in [-0.4, -0.2) is 29.3 Å². The second-order valence-corrected chi connectivity index (χ2v) is 5.96. The van der Waals surface area contributed by atoms with E-state index in [1.807, 2.05) is 0 Å². The van der Waals surface area contributed by atoms with Crippen molar-refractivity contribution >= 4 is 23.2 Å². The van der Waals surface area contributed by atoms with Gasteiger partial charge in [0.15, 0.2) is 0 Å². The quantitative estimate of drug-likeness (QED) is 0.835. The van der Waals surface area contributed by atoms with Gasteiger partial charge in [-0.15, -0.1) is 11.3 Å². The van der Waals surface area contributed by atoms with Gasteiger partial charge in [-0.2, -0.15) is 0 Å². The van der Waals surface area contributed by atoms with Gasteiger partial charge in [0.05, 0.1) is 6.04 Å². The molecule has 3 rings (SSSR count). The summed E-state index contributed by atoms with van der Waals surface area (Å²) >= 11 is 1.76. The SMILES string of the molecule is CC1NC(=O)CN(C2CCCc3sccc32)C1=O. The molecule has 1 N–H and O–H groups in total. The zero-order valence-electron chi connectivity index (χ0n) is 10.3. The minimum absolute atomic E-state index is 0.0404. The molecular formula is C13H16N2O2S. The van der Waals surface area contributed by atoms with Crippen LogP contribution in [0.3, 0.4) is 0 Å². The van der Waals surface area contributed by atoms with Crippen LogP contribution in [0, 0.1) is 0 Å². The third-order valence-corrected chi connectivity index (χ3v) is 4.74. The van der Waals surface area contributed by atoms with Crippen molar-refractivity contribution in [2.24, 2.45) is 0 Å². The molecule has 1 fully saturated rings. The second-order valence-electron chi connectivity index (χ2n) is 4.96. The van der Waals surface area contributed by atoms with Crippen LogP contribution in [0.2, 0.25) is 0 Å². The Morgan fingerprint density at radius 2 is 2.28 bits per heavy atom. The third kappa shape index (κ3) is 1.82. The van der Waals surface area contributed by atoms with Gasteiger partial charge in [-0.1, -0.05) is 0 Å². The fraction of sp³-hybridized carbons (Fsp3) is 0.538. The number of amides is 2. The molecule has 0 aromatic carbocycles. The normalized spacial score (nSPS) is 27.9. The lowest BCUT2D eigenvalue weighted by Gasteiger charge is -2.38. The smallest absolute Gasteiger partial charge is 0.245 e. The Kier molecular flexibility index (Phi) is 2.86. The zero-order valence-corrected chi connectivity index (χ0v) is 11.1. The Bertz CT molecular complexity index is 497. The van der Waals surface area contributed by atoms with E-state index in [0.717, 1.165) is 19.3 Å². The van der Waals surface area contributed by atoms with E-state index >= 15 is 0 Å². The van der Waals surface area contributed by atoms with Crippen molar-refractivity contribution in [3.8, 4) is 0 Å². The standard InChI is InChI=1S/C13H16N2O2S/c1-8-13(17)15(7-12(16)14-8)10-3-2-4-11-9(10)5-6-18-11/h5-6,8,10H,2-4,7H2,1H3,(H,14,16). The molecule has 5 heteroatoms. The van der Waals surface area contributed by atoms with Gasteiger partial charge in [-0.05, 0) is 43.2 Å². The number of fused-ring (bicyclic) bond motifs is 1. The fourth-order valence-corrected chi connectivity index (χ4v) is 3.86. The third-order valence-electron chi connectivity index (χ3n) is 3.74. The molecule has 0 spiro atoms. The van der Waals surface area contributed by atoms with Gasteiger partial charge >= 0.3 is 0 Å². The Hall–Kier alpha value is -1.36. The lowest BCUT2D eigenvalue weighted by Crippen LogP contribution is -2.57. The first kappa shape index (κ1) is 11.7. The van der Waals surface area contributed by atoms with E-state index in [-0.39, 0.29) is 24.4 Å². The Morgan fingerprint density at radius 3 is 3.11 bits per heavy atom. The van der Waals surface area contributed by atoms with Gasteiger partial charge in [0.2, 0.25) is 11.8 Å². The van der Waals surface area contributed by atoms with Crippen LogP contribution in [0.1, 0.15) is 36.2 Å². The Morgan fingerprint density at radius 1 is 1.44 bits per heavy atom. The van der Waals surface area contributed by atoms with Gasteiger partial charge in [-0.3, -0.25) is 9.59 Å². The summed E-state index contributed by atoms with van der Waals surface area (Å²) in [7, 11) is 0. The highest BCUT2D eigenvalue weighted by molar-refractivity contribution is 7.10. The monoisotopic (exact) mass is 264 g/mol. The summed E-state index contributed by atoms with van der Waals surface area (Å²) < 4.78 is 0. The van der Waals surface area contributed by atoms with Crippen molar-refractivity contribution in [1.82, 2.24) is 10.2 Å². The van der Waals surface area contributed by atoms with Gasteiger partial charge in [0, 0.05) is 4.88 Å². The number of nitrogens with zero attached hydrogens (tertiary/aromatic N) is 1. The highest BCUT2D eigenvalue weighted by Gasteiger charge is 2.36.